The number of nitrogens with one attached hydrogen (secondary N) is 1. The van der Waals surface area contributed by atoms with Crippen LogP contribution in [0.4, 0.5) is 5.13 Å². The molecule has 1 aromatic rings. The van der Waals surface area contributed by atoms with Crippen LogP contribution in [0.25, 0.3) is 0 Å². The Labute approximate surface area is 122 Å². The molecule has 0 unspecified atom stereocenters. The van der Waals surface area contributed by atoms with Gasteiger partial charge in [0.1, 0.15) is 0 Å². The van der Waals surface area contributed by atoms with Crippen LogP contribution < -0.4 is 5.32 Å². The van der Waals surface area contributed by atoms with E-state index >= 15 is 0 Å². The zero-order valence-electron chi connectivity index (χ0n) is 11.7. The number of nitrogens with zero attached hydrogens (tertiary/aromatic N) is 2. The maximum absolute atomic E-state index is 11.9. The lowest BCUT2D eigenvalue weighted by molar-refractivity contribution is -0.147. The van der Waals surface area contributed by atoms with Crippen LogP contribution in [0, 0.1) is 12.8 Å². The lowest BCUT2D eigenvalue weighted by Gasteiger charge is -2.30. The van der Waals surface area contributed by atoms with E-state index in [1.807, 2.05) is 17.2 Å². The van der Waals surface area contributed by atoms with Crippen molar-refractivity contribution >= 4 is 28.3 Å². The SMILES string of the molecule is COC(=O)[C@H]1CCCN(CC(=O)Nc2nc(C)cs2)C1. The fourth-order valence-corrected chi connectivity index (χ4v) is 3.04. The summed E-state index contributed by atoms with van der Waals surface area (Å²) in [5.74, 6) is -0.404. The molecule has 1 amide bonds. The highest BCUT2D eigenvalue weighted by atomic mass is 32.1. The number of aromatic nitrogens is 1. The number of carbonyl (C=O) groups excluding carboxylic acids is 2. The summed E-state index contributed by atoms with van der Waals surface area (Å²) in [7, 11) is 1.40. The van der Waals surface area contributed by atoms with E-state index in [0.717, 1.165) is 25.1 Å². The average Bonchev–Trinajstić information content (AvgIpc) is 2.83. The fourth-order valence-electron chi connectivity index (χ4n) is 2.33. The summed E-state index contributed by atoms with van der Waals surface area (Å²) in [4.78, 5) is 29.6. The second-order valence-corrected chi connectivity index (χ2v) is 5.80. The molecule has 1 fully saturated rings. The third-order valence-corrected chi connectivity index (χ3v) is 4.15. The normalized spacial score (nSPS) is 19.6. The van der Waals surface area contributed by atoms with E-state index in [4.69, 9.17) is 4.74 Å². The monoisotopic (exact) mass is 297 g/mol. The summed E-state index contributed by atoms with van der Waals surface area (Å²) in [5, 5.41) is 5.29. The molecule has 1 saturated heterocycles. The van der Waals surface area contributed by atoms with Crippen LogP contribution in [-0.4, -0.2) is 48.5 Å². The standard InChI is InChI=1S/C13H19N3O3S/c1-9-8-20-13(14-9)15-11(17)7-16-5-3-4-10(6-16)12(18)19-2/h8,10H,3-7H2,1-2H3,(H,14,15,17)/t10-/m0/s1. The molecule has 110 valence electrons. The Morgan fingerprint density at radius 1 is 1.60 bits per heavy atom. The number of thiazole rings is 1. The number of esters is 1. The second-order valence-electron chi connectivity index (χ2n) is 4.94. The minimum absolute atomic E-state index is 0.0927. The highest BCUT2D eigenvalue weighted by Crippen LogP contribution is 2.18. The Balaban J connectivity index is 1.83. The van der Waals surface area contributed by atoms with Gasteiger partial charge in [0.05, 0.1) is 25.3 Å². The molecule has 20 heavy (non-hydrogen) atoms. The Kier molecular flexibility index (Phi) is 5.08. The fraction of sp³-hybridized carbons (Fsp3) is 0.615. The number of aryl methyl sites for hydroxylation is 1. The number of hydrogen-bond donors (Lipinski definition) is 1. The van der Waals surface area contributed by atoms with Gasteiger partial charge in [-0.2, -0.15) is 0 Å². The lowest BCUT2D eigenvalue weighted by atomic mass is 9.98. The summed E-state index contributed by atoms with van der Waals surface area (Å²) in [6.07, 6.45) is 1.74. The van der Waals surface area contributed by atoms with Gasteiger partial charge < -0.3 is 10.1 Å². The number of ether oxygens (including phenoxy) is 1. The molecule has 0 spiro atoms. The first-order valence-corrected chi connectivity index (χ1v) is 7.48. The van der Waals surface area contributed by atoms with Crippen molar-refractivity contribution in [3.8, 4) is 0 Å². The van der Waals surface area contributed by atoms with E-state index < -0.39 is 0 Å². The maximum atomic E-state index is 11.9. The Bertz CT molecular complexity index is 489. The van der Waals surface area contributed by atoms with Crippen molar-refractivity contribution in [3.05, 3.63) is 11.1 Å². The number of carbonyl (C=O) groups is 2. The van der Waals surface area contributed by atoms with Crippen LogP contribution in [0.5, 0.6) is 0 Å². The van der Waals surface area contributed by atoms with E-state index in [1.54, 1.807) is 0 Å². The van der Waals surface area contributed by atoms with Crippen molar-refractivity contribution in [3.63, 3.8) is 0 Å². The molecule has 1 atom stereocenters. The topological polar surface area (TPSA) is 71.5 Å². The maximum Gasteiger partial charge on any atom is 0.309 e. The van der Waals surface area contributed by atoms with Gasteiger partial charge in [-0.25, -0.2) is 4.98 Å². The van der Waals surface area contributed by atoms with Crippen molar-refractivity contribution in [2.24, 2.45) is 5.92 Å². The molecule has 1 N–H and O–H groups in total. The third kappa shape index (κ3) is 4.01. The predicted molar refractivity (Wildman–Crippen MR) is 76.7 cm³/mol. The first kappa shape index (κ1) is 14.9. The molecule has 0 bridgehead atoms. The van der Waals surface area contributed by atoms with Crippen molar-refractivity contribution in [1.29, 1.82) is 0 Å². The molecule has 0 aromatic carbocycles. The zero-order chi connectivity index (χ0) is 14.5. The van der Waals surface area contributed by atoms with Gasteiger partial charge in [0, 0.05) is 11.9 Å². The number of anilines is 1. The van der Waals surface area contributed by atoms with Gasteiger partial charge in [0.2, 0.25) is 5.91 Å². The molecular weight excluding hydrogens is 278 g/mol. The number of amides is 1. The van der Waals surface area contributed by atoms with Gasteiger partial charge in [-0.3, -0.25) is 14.5 Å². The van der Waals surface area contributed by atoms with Gasteiger partial charge >= 0.3 is 5.97 Å². The minimum atomic E-state index is -0.189. The number of likely N-dealkylation sites (tertiary alicyclic amines) is 1. The van der Waals surface area contributed by atoms with Crippen LogP contribution >= 0.6 is 11.3 Å². The van der Waals surface area contributed by atoms with E-state index in [9.17, 15) is 9.59 Å². The van der Waals surface area contributed by atoms with Crippen LogP contribution in [-0.2, 0) is 14.3 Å². The number of hydrogen-bond acceptors (Lipinski definition) is 6. The Morgan fingerprint density at radius 2 is 2.40 bits per heavy atom. The van der Waals surface area contributed by atoms with Crippen molar-refractivity contribution in [2.45, 2.75) is 19.8 Å². The van der Waals surface area contributed by atoms with Crippen molar-refractivity contribution < 1.29 is 14.3 Å². The quantitative estimate of drug-likeness (QED) is 0.848. The molecule has 2 heterocycles. The highest BCUT2D eigenvalue weighted by Gasteiger charge is 2.27. The molecule has 0 aliphatic carbocycles. The molecule has 2 rings (SSSR count). The lowest BCUT2D eigenvalue weighted by Crippen LogP contribution is -2.42. The number of rotatable bonds is 4. The summed E-state index contributed by atoms with van der Waals surface area (Å²) >= 11 is 1.41. The van der Waals surface area contributed by atoms with E-state index in [1.165, 1.54) is 18.4 Å². The number of piperidine rings is 1. The summed E-state index contributed by atoms with van der Waals surface area (Å²) in [6, 6.07) is 0. The molecule has 1 aliphatic rings. The molecule has 1 aromatic heterocycles. The second kappa shape index (κ2) is 6.81. The predicted octanol–water partition coefficient (Wildman–Crippen LogP) is 1.28. The van der Waals surface area contributed by atoms with E-state index in [2.05, 4.69) is 10.3 Å². The van der Waals surface area contributed by atoms with Gasteiger partial charge in [0.15, 0.2) is 5.13 Å². The molecule has 6 nitrogen and oxygen atoms in total. The number of methoxy groups -OCH3 is 1. The third-order valence-electron chi connectivity index (χ3n) is 3.27. The molecule has 0 radical (unpaired) electrons. The van der Waals surface area contributed by atoms with Crippen LogP contribution in [0.2, 0.25) is 0 Å². The Morgan fingerprint density at radius 3 is 3.05 bits per heavy atom. The van der Waals surface area contributed by atoms with E-state index in [-0.39, 0.29) is 24.3 Å². The van der Waals surface area contributed by atoms with E-state index in [0.29, 0.717) is 11.7 Å². The molecule has 7 heteroatoms. The van der Waals surface area contributed by atoms with Gasteiger partial charge in [0.25, 0.3) is 0 Å². The summed E-state index contributed by atoms with van der Waals surface area (Å²) in [6.45, 7) is 3.58. The first-order chi connectivity index (χ1) is 9.58. The molecule has 1 aliphatic heterocycles. The smallest absolute Gasteiger partial charge is 0.309 e. The summed E-state index contributed by atoms with van der Waals surface area (Å²) < 4.78 is 4.77. The van der Waals surface area contributed by atoms with Crippen molar-refractivity contribution in [1.82, 2.24) is 9.88 Å². The zero-order valence-corrected chi connectivity index (χ0v) is 12.5. The van der Waals surface area contributed by atoms with Crippen LogP contribution in [0.3, 0.4) is 0 Å². The van der Waals surface area contributed by atoms with Crippen LogP contribution in [0.15, 0.2) is 5.38 Å². The largest absolute Gasteiger partial charge is 0.469 e. The molecule has 0 saturated carbocycles. The minimum Gasteiger partial charge on any atom is -0.469 e. The van der Waals surface area contributed by atoms with Gasteiger partial charge in [-0.15, -0.1) is 11.3 Å². The van der Waals surface area contributed by atoms with Gasteiger partial charge in [-0.05, 0) is 26.3 Å². The summed E-state index contributed by atoms with van der Waals surface area (Å²) in [5.41, 5.74) is 0.897. The Hall–Kier alpha value is -1.47. The van der Waals surface area contributed by atoms with Gasteiger partial charge in [-0.1, -0.05) is 0 Å². The average molecular weight is 297 g/mol. The first-order valence-electron chi connectivity index (χ1n) is 6.60. The van der Waals surface area contributed by atoms with Crippen LogP contribution in [0.1, 0.15) is 18.5 Å². The van der Waals surface area contributed by atoms with Crippen molar-refractivity contribution in [2.75, 3.05) is 32.1 Å². The highest BCUT2D eigenvalue weighted by molar-refractivity contribution is 7.13. The molecular formula is C13H19N3O3S.